The minimum atomic E-state index is -3.69. The number of nitrogens with zero attached hydrogens (tertiary/aromatic N) is 3. The monoisotopic (exact) mass is 987 g/mol. The van der Waals surface area contributed by atoms with Crippen LogP contribution in [0, 0.1) is 5.82 Å². The van der Waals surface area contributed by atoms with Crippen LogP contribution in [-0.2, 0) is 37.2 Å². The summed E-state index contributed by atoms with van der Waals surface area (Å²) in [6.07, 6.45) is 15.8. The van der Waals surface area contributed by atoms with Crippen LogP contribution in [0.4, 0.5) is 10.1 Å². The normalized spacial score (nSPS) is 16.0. The highest BCUT2D eigenvalue weighted by Gasteiger charge is 2.44. The number of nitrogens with one attached hydrogen (secondary N) is 2. The third-order valence-corrected chi connectivity index (χ3v) is 14.7. The van der Waals surface area contributed by atoms with Crippen molar-refractivity contribution in [2.45, 2.75) is 142 Å². The zero-order chi connectivity index (χ0) is 50.5. The van der Waals surface area contributed by atoms with Crippen LogP contribution in [0.15, 0.2) is 42.5 Å². The van der Waals surface area contributed by atoms with Crippen molar-refractivity contribution in [1.82, 2.24) is 20.0 Å². The average molecular weight is 988 g/mol. The Kier molecular flexibility index (Phi) is 19.1. The molecular weight excluding hydrogens is 918 g/mol. The van der Waals surface area contributed by atoms with Gasteiger partial charge in [-0.25, -0.2) is 12.8 Å². The van der Waals surface area contributed by atoms with E-state index in [4.69, 9.17) is 9.47 Å². The second kappa shape index (κ2) is 24.9. The fraction of sp³-hybridized carbons (Fsp3) is 0.547. The first kappa shape index (κ1) is 53.7. The van der Waals surface area contributed by atoms with Gasteiger partial charge in [0.25, 0.3) is 17.7 Å². The zero-order valence-electron chi connectivity index (χ0n) is 41.4. The summed E-state index contributed by atoms with van der Waals surface area (Å²) in [6.45, 7) is 8.42. The molecule has 70 heavy (non-hydrogen) atoms. The lowest BCUT2D eigenvalue weighted by Crippen LogP contribution is -2.46. The molecule has 6 rings (SSSR count). The molecule has 380 valence electrons. The molecule has 3 aliphatic rings. The van der Waals surface area contributed by atoms with Gasteiger partial charge < -0.3 is 24.6 Å². The average Bonchev–Trinajstić information content (AvgIpc) is 3.77. The molecule has 2 N–H and O–H groups in total. The quantitative estimate of drug-likeness (QED) is 0.0425. The van der Waals surface area contributed by atoms with Crippen LogP contribution >= 0.6 is 0 Å². The first-order chi connectivity index (χ1) is 33.6. The molecule has 0 aromatic heterocycles. The number of carbonyl (C=O) groups excluding carboxylic acids is 6. The van der Waals surface area contributed by atoms with E-state index in [1.54, 1.807) is 43.3 Å². The van der Waals surface area contributed by atoms with Crippen LogP contribution in [-0.4, -0.2) is 110 Å². The maximum Gasteiger partial charge on any atom is 0.264 e. The Hall–Kier alpha value is -5.68. The summed E-state index contributed by atoms with van der Waals surface area (Å²) in [5, 5.41) is 4.93. The van der Waals surface area contributed by atoms with Gasteiger partial charge in [-0.2, -0.15) is 0 Å². The van der Waals surface area contributed by atoms with Crippen LogP contribution < -0.4 is 20.1 Å². The van der Waals surface area contributed by atoms with Crippen molar-refractivity contribution < 1.29 is 51.0 Å². The summed E-state index contributed by atoms with van der Waals surface area (Å²) < 4.78 is 51.5. The van der Waals surface area contributed by atoms with Crippen molar-refractivity contribution in [2.24, 2.45) is 0 Å². The number of methoxy groups -OCH3 is 1. The molecule has 3 aromatic carbocycles. The maximum absolute atomic E-state index is 14.9. The van der Waals surface area contributed by atoms with Gasteiger partial charge in [0.15, 0.2) is 11.5 Å². The molecule has 3 aliphatic heterocycles. The molecule has 1 saturated heterocycles. The number of imide groups is 2. The van der Waals surface area contributed by atoms with Crippen LogP contribution in [0.2, 0.25) is 0 Å². The van der Waals surface area contributed by atoms with E-state index in [1.807, 2.05) is 6.92 Å². The van der Waals surface area contributed by atoms with E-state index in [-0.39, 0.29) is 35.2 Å². The molecule has 17 heteroatoms. The van der Waals surface area contributed by atoms with Crippen molar-refractivity contribution in [1.29, 1.82) is 0 Å². The number of likely N-dealkylation sites (tertiary alicyclic amines) is 1. The third-order valence-electron chi connectivity index (χ3n) is 13.8. The summed E-state index contributed by atoms with van der Waals surface area (Å²) in [6, 6.07) is 9.16. The molecule has 1 fully saturated rings. The number of rotatable bonds is 27. The number of benzene rings is 3. The standard InChI is InChI=1S/C53H70FN5O10S/c1-6-18-45(50(62)55-34-60)58-32-43-40(30-39(54)31-41(43)51(58)63)37-22-25-57(26-23-37)24-17-15-13-11-9-8-10-12-14-16-19-36-27-42-49(44(28-36)56-35(3)61)53(65)59(52(42)64)46(33-70(5,66)67)38-20-21-47(68-4)48(29-38)69-7-2/h20-21,27-31,34,37,45-46H,6-19,22-26,32-33H2,1-5H3,(H,56,61)(H,55,60,62). The van der Waals surface area contributed by atoms with Gasteiger partial charge >= 0.3 is 0 Å². The summed E-state index contributed by atoms with van der Waals surface area (Å²) in [4.78, 5) is 82.5. The zero-order valence-corrected chi connectivity index (χ0v) is 42.2. The van der Waals surface area contributed by atoms with Crippen molar-refractivity contribution in [3.8, 4) is 11.5 Å². The van der Waals surface area contributed by atoms with Gasteiger partial charge in [-0.15, -0.1) is 0 Å². The van der Waals surface area contributed by atoms with E-state index in [9.17, 15) is 41.6 Å². The SMILES string of the molecule is CCCC(C(=O)NC=O)N1Cc2c(cc(F)cc2C2CCN(CCCCCCCCCCCCc3cc(NC(C)=O)c4c(c3)C(=O)N(C(CS(C)(=O)=O)c3ccc(OC)c(OCC)c3)C4=O)CC2)C1=O. The van der Waals surface area contributed by atoms with Gasteiger partial charge in [0.2, 0.25) is 18.2 Å². The second-order valence-corrected chi connectivity index (χ2v) is 21.2. The van der Waals surface area contributed by atoms with Crippen LogP contribution in [0.3, 0.4) is 0 Å². The Bertz CT molecular complexity index is 2510. The number of anilines is 1. The van der Waals surface area contributed by atoms with Crippen molar-refractivity contribution in [3.63, 3.8) is 0 Å². The Morgan fingerprint density at radius 1 is 0.857 bits per heavy atom. The fourth-order valence-corrected chi connectivity index (χ4v) is 11.3. The number of amides is 6. The first-order valence-corrected chi connectivity index (χ1v) is 27.0. The molecule has 3 heterocycles. The van der Waals surface area contributed by atoms with E-state index in [2.05, 4.69) is 15.5 Å². The highest BCUT2D eigenvalue weighted by Crippen LogP contribution is 2.41. The number of ether oxygens (including phenoxy) is 2. The fourth-order valence-electron chi connectivity index (χ4n) is 10.4. The van der Waals surface area contributed by atoms with E-state index in [0.717, 1.165) is 105 Å². The third kappa shape index (κ3) is 13.4. The maximum atomic E-state index is 14.9. The summed E-state index contributed by atoms with van der Waals surface area (Å²) in [5.41, 5.74) is 3.59. The number of unbranched alkanes of at least 4 members (excludes halogenated alkanes) is 9. The lowest BCUT2D eigenvalue weighted by Gasteiger charge is -2.33. The number of aryl methyl sites for hydroxylation is 1. The van der Waals surface area contributed by atoms with E-state index < -0.39 is 57.1 Å². The van der Waals surface area contributed by atoms with Crippen molar-refractivity contribution in [2.75, 3.05) is 50.7 Å². The molecule has 0 aliphatic carbocycles. The summed E-state index contributed by atoms with van der Waals surface area (Å²) in [5.74, 6) is -2.64. The molecule has 0 radical (unpaired) electrons. The van der Waals surface area contributed by atoms with Crippen LogP contribution in [0.25, 0.3) is 0 Å². The Balaban J connectivity index is 0.911. The number of carbonyl (C=O) groups is 6. The van der Waals surface area contributed by atoms with Gasteiger partial charge in [-0.05, 0) is 130 Å². The number of hydrogen-bond acceptors (Lipinski definition) is 11. The Labute approximate surface area is 412 Å². The molecular formula is C53H70FN5O10S. The number of piperidine rings is 1. The van der Waals surface area contributed by atoms with Crippen molar-refractivity contribution >= 4 is 51.5 Å². The lowest BCUT2D eigenvalue weighted by molar-refractivity contribution is -0.129. The van der Waals surface area contributed by atoms with E-state index in [1.165, 1.54) is 44.3 Å². The molecule has 15 nitrogen and oxygen atoms in total. The van der Waals surface area contributed by atoms with Crippen molar-refractivity contribution in [3.05, 3.63) is 87.2 Å². The van der Waals surface area contributed by atoms with Gasteiger partial charge in [0, 0.05) is 25.3 Å². The largest absolute Gasteiger partial charge is 0.493 e. The van der Waals surface area contributed by atoms with Crippen LogP contribution in [0.1, 0.15) is 176 Å². The number of halogens is 1. The second-order valence-electron chi connectivity index (χ2n) is 19.0. The van der Waals surface area contributed by atoms with E-state index >= 15 is 0 Å². The molecule has 0 bridgehead atoms. The van der Waals surface area contributed by atoms with Crippen LogP contribution in [0.5, 0.6) is 11.5 Å². The Morgan fingerprint density at radius 2 is 1.53 bits per heavy atom. The molecule has 6 amide bonds. The van der Waals surface area contributed by atoms with Gasteiger partial charge in [-0.1, -0.05) is 70.8 Å². The summed E-state index contributed by atoms with van der Waals surface area (Å²) in [7, 11) is -2.21. The highest BCUT2D eigenvalue weighted by molar-refractivity contribution is 7.90. The predicted molar refractivity (Wildman–Crippen MR) is 265 cm³/mol. The number of sulfone groups is 1. The lowest BCUT2D eigenvalue weighted by atomic mass is 9.85. The van der Waals surface area contributed by atoms with Gasteiger partial charge in [0.1, 0.15) is 21.7 Å². The molecule has 3 aromatic rings. The minimum absolute atomic E-state index is 0.0457. The number of hydrogen-bond donors (Lipinski definition) is 2. The van der Waals surface area contributed by atoms with E-state index in [0.29, 0.717) is 54.9 Å². The molecule has 0 saturated carbocycles. The first-order valence-electron chi connectivity index (χ1n) is 25.0. The topological polar surface area (TPSA) is 189 Å². The van der Waals surface area contributed by atoms with Gasteiger partial charge in [0.05, 0.1) is 42.3 Å². The molecule has 2 unspecified atom stereocenters. The highest BCUT2D eigenvalue weighted by atomic mass is 32.2. The number of fused-ring (bicyclic) bond motifs is 2. The van der Waals surface area contributed by atoms with Gasteiger partial charge in [-0.3, -0.25) is 39.0 Å². The Morgan fingerprint density at radius 3 is 2.14 bits per heavy atom. The molecule has 2 atom stereocenters. The smallest absolute Gasteiger partial charge is 0.264 e. The predicted octanol–water partition coefficient (Wildman–Crippen LogP) is 8.29. The summed E-state index contributed by atoms with van der Waals surface area (Å²) >= 11 is 0. The molecule has 0 spiro atoms. The minimum Gasteiger partial charge on any atom is -0.493 e.